The number of thioether (sulfide) groups is 1. The Kier molecular flexibility index (Phi) is 7.75. The zero-order chi connectivity index (χ0) is 13.4. The lowest BCUT2D eigenvalue weighted by atomic mass is 9.91. The highest BCUT2D eigenvalue weighted by Crippen LogP contribution is 2.32. The van der Waals surface area contributed by atoms with Crippen molar-refractivity contribution >= 4 is 17.7 Å². The smallest absolute Gasteiger partial charge is 0.320 e. The van der Waals surface area contributed by atoms with Crippen molar-refractivity contribution in [3.05, 3.63) is 0 Å². The van der Waals surface area contributed by atoms with E-state index in [2.05, 4.69) is 19.2 Å². The summed E-state index contributed by atoms with van der Waals surface area (Å²) >= 11 is 1.98. The summed E-state index contributed by atoms with van der Waals surface area (Å²) < 4.78 is 0. The van der Waals surface area contributed by atoms with Crippen LogP contribution in [0.25, 0.3) is 0 Å². The van der Waals surface area contributed by atoms with Gasteiger partial charge < -0.3 is 10.4 Å². The van der Waals surface area contributed by atoms with Crippen LogP contribution in [0.1, 0.15) is 52.4 Å². The number of hydrogen-bond donors (Lipinski definition) is 2. The van der Waals surface area contributed by atoms with Crippen LogP contribution < -0.4 is 5.32 Å². The maximum Gasteiger partial charge on any atom is 0.320 e. The van der Waals surface area contributed by atoms with Gasteiger partial charge in [0.05, 0.1) is 0 Å². The first kappa shape index (κ1) is 15.8. The van der Waals surface area contributed by atoms with Gasteiger partial charge >= 0.3 is 5.97 Å². The molecule has 0 spiro atoms. The van der Waals surface area contributed by atoms with Crippen LogP contribution in [0.3, 0.4) is 0 Å². The Morgan fingerprint density at radius 2 is 2.28 bits per heavy atom. The van der Waals surface area contributed by atoms with Gasteiger partial charge in [-0.3, -0.25) is 4.79 Å². The number of carboxylic acids is 1. The summed E-state index contributed by atoms with van der Waals surface area (Å²) in [7, 11) is 0. The lowest BCUT2D eigenvalue weighted by molar-refractivity contribution is -0.139. The van der Waals surface area contributed by atoms with Crippen molar-refractivity contribution in [1.82, 2.24) is 5.32 Å². The summed E-state index contributed by atoms with van der Waals surface area (Å²) in [6.07, 6.45) is 7.06. The molecule has 1 aliphatic carbocycles. The third kappa shape index (κ3) is 6.10. The van der Waals surface area contributed by atoms with Gasteiger partial charge in [0.2, 0.25) is 0 Å². The first-order valence-electron chi connectivity index (χ1n) is 7.21. The maximum absolute atomic E-state index is 11.1. The Morgan fingerprint density at radius 3 is 2.89 bits per heavy atom. The van der Waals surface area contributed by atoms with E-state index >= 15 is 0 Å². The number of nitrogens with one attached hydrogen (secondary N) is 1. The molecular formula is C14H27NO2S. The van der Waals surface area contributed by atoms with Crippen molar-refractivity contribution < 1.29 is 9.90 Å². The fourth-order valence-corrected chi connectivity index (χ4v) is 4.02. The molecule has 0 amide bonds. The third-order valence-corrected chi connectivity index (χ3v) is 4.96. The molecule has 3 atom stereocenters. The molecule has 0 aliphatic heterocycles. The zero-order valence-electron chi connectivity index (χ0n) is 11.7. The van der Waals surface area contributed by atoms with Crippen molar-refractivity contribution in [1.29, 1.82) is 0 Å². The van der Waals surface area contributed by atoms with E-state index < -0.39 is 5.97 Å². The van der Waals surface area contributed by atoms with Crippen LogP contribution in [0.2, 0.25) is 0 Å². The second-order valence-corrected chi connectivity index (χ2v) is 6.81. The molecule has 0 saturated heterocycles. The Labute approximate surface area is 115 Å². The lowest BCUT2D eigenvalue weighted by Gasteiger charge is -2.26. The Bertz CT molecular complexity index is 248. The van der Waals surface area contributed by atoms with Gasteiger partial charge in [0, 0.05) is 5.25 Å². The molecule has 0 bridgehead atoms. The van der Waals surface area contributed by atoms with Crippen LogP contribution in [0.15, 0.2) is 0 Å². The minimum Gasteiger partial charge on any atom is -0.480 e. The van der Waals surface area contributed by atoms with Gasteiger partial charge in [-0.15, -0.1) is 0 Å². The molecule has 0 aromatic carbocycles. The lowest BCUT2D eigenvalue weighted by Crippen LogP contribution is -2.37. The minimum absolute atomic E-state index is 0.363. The summed E-state index contributed by atoms with van der Waals surface area (Å²) in [5, 5.41) is 13.0. The van der Waals surface area contributed by atoms with Crippen molar-refractivity contribution in [2.24, 2.45) is 5.92 Å². The van der Waals surface area contributed by atoms with Crippen LogP contribution in [0.4, 0.5) is 0 Å². The summed E-state index contributed by atoms with van der Waals surface area (Å²) in [5.74, 6) is 1.11. The molecule has 3 nitrogen and oxygen atoms in total. The van der Waals surface area contributed by atoms with Crippen LogP contribution in [0.5, 0.6) is 0 Å². The van der Waals surface area contributed by atoms with E-state index in [1.54, 1.807) is 0 Å². The van der Waals surface area contributed by atoms with Crippen molar-refractivity contribution in [3.63, 3.8) is 0 Å². The number of carbonyl (C=O) groups is 1. The van der Waals surface area contributed by atoms with Gasteiger partial charge in [-0.25, -0.2) is 0 Å². The fourth-order valence-electron chi connectivity index (χ4n) is 2.51. The molecule has 1 fully saturated rings. The molecule has 0 heterocycles. The topological polar surface area (TPSA) is 49.3 Å². The second kappa shape index (κ2) is 8.81. The quantitative estimate of drug-likeness (QED) is 0.713. The molecular weight excluding hydrogens is 246 g/mol. The van der Waals surface area contributed by atoms with E-state index in [0.29, 0.717) is 0 Å². The predicted octanol–water partition coefficient (Wildman–Crippen LogP) is 3.14. The summed E-state index contributed by atoms with van der Waals surface area (Å²) in [6.45, 7) is 5.18. The third-order valence-electron chi connectivity index (χ3n) is 3.59. The monoisotopic (exact) mass is 273 g/mol. The van der Waals surface area contributed by atoms with Crippen LogP contribution >= 0.6 is 11.8 Å². The summed E-state index contributed by atoms with van der Waals surface area (Å²) in [4.78, 5) is 11.1. The van der Waals surface area contributed by atoms with Gasteiger partial charge in [-0.05, 0) is 43.9 Å². The molecule has 3 unspecified atom stereocenters. The maximum atomic E-state index is 11.1. The highest BCUT2D eigenvalue weighted by atomic mass is 32.2. The van der Waals surface area contributed by atoms with Gasteiger partial charge in [-0.2, -0.15) is 11.8 Å². The largest absolute Gasteiger partial charge is 0.480 e. The first-order chi connectivity index (χ1) is 8.63. The van der Waals surface area contributed by atoms with Crippen LogP contribution in [0, 0.1) is 5.92 Å². The standard InChI is InChI=1S/C14H27NO2S/c1-3-8-15-13(14(16)17)7-9-18-12-6-4-5-11(2)10-12/h11-13,15H,3-10H2,1-2H3,(H,16,17). The highest BCUT2D eigenvalue weighted by molar-refractivity contribution is 7.99. The van der Waals surface area contributed by atoms with E-state index in [1.807, 2.05) is 11.8 Å². The van der Waals surface area contributed by atoms with Gasteiger partial charge in [0.1, 0.15) is 6.04 Å². The predicted molar refractivity (Wildman–Crippen MR) is 78.2 cm³/mol. The Balaban J connectivity index is 2.19. The SMILES string of the molecule is CCCNC(CCSC1CCCC(C)C1)C(=O)O. The molecule has 18 heavy (non-hydrogen) atoms. The number of rotatable bonds is 8. The second-order valence-electron chi connectivity index (χ2n) is 5.40. The zero-order valence-corrected chi connectivity index (χ0v) is 12.5. The molecule has 4 heteroatoms. The molecule has 1 aliphatic rings. The van der Waals surface area contributed by atoms with Gasteiger partial charge in [-0.1, -0.05) is 26.7 Å². The summed E-state index contributed by atoms with van der Waals surface area (Å²) in [6, 6.07) is -0.363. The minimum atomic E-state index is -0.707. The molecule has 106 valence electrons. The van der Waals surface area contributed by atoms with E-state index in [4.69, 9.17) is 5.11 Å². The average Bonchev–Trinajstić information content (AvgIpc) is 2.33. The molecule has 2 N–H and O–H groups in total. The van der Waals surface area contributed by atoms with E-state index in [9.17, 15) is 4.79 Å². The first-order valence-corrected chi connectivity index (χ1v) is 8.26. The van der Waals surface area contributed by atoms with Gasteiger partial charge in [0.15, 0.2) is 0 Å². The number of carboxylic acid groups (broad SMARTS) is 1. The molecule has 0 aromatic heterocycles. The van der Waals surface area contributed by atoms with E-state index in [0.717, 1.165) is 36.3 Å². The van der Waals surface area contributed by atoms with E-state index in [-0.39, 0.29) is 6.04 Å². The Hall–Kier alpha value is -0.220. The number of aliphatic carboxylic acids is 1. The average molecular weight is 273 g/mol. The van der Waals surface area contributed by atoms with Crippen LogP contribution in [-0.2, 0) is 4.79 Å². The molecule has 1 saturated carbocycles. The number of hydrogen-bond acceptors (Lipinski definition) is 3. The summed E-state index contributed by atoms with van der Waals surface area (Å²) in [5.41, 5.74) is 0. The van der Waals surface area contributed by atoms with Gasteiger partial charge in [0.25, 0.3) is 0 Å². The fraction of sp³-hybridized carbons (Fsp3) is 0.929. The normalized spacial score (nSPS) is 25.9. The molecule has 1 rings (SSSR count). The highest BCUT2D eigenvalue weighted by Gasteiger charge is 2.21. The van der Waals surface area contributed by atoms with Crippen molar-refractivity contribution in [2.45, 2.75) is 63.7 Å². The van der Waals surface area contributed by atoms with Crippen LogP contribution in [-0.4, -0.2) is 34.7 Å². The molecule has 0 radical (unpaired) electrons. The van der Waals surface area contributed by atoms with Crippen molar-refractivity contribution in [3.8, 4) is 0 Å². The Morgan fingerprint density at radius 1 is 1.50 bits per heavy atom. The van der Waals surface area contributed by atoms with Crippen molar-refractivity contribution in [2.75, 3.05) is 12.3 Å². The van der Waals surface area contributed by atoms with E-state index in [1.165, 1.54) is 25.7 Å². The molecule has 0 aromatic rings.